The van der Waals surface area contributed by atoms with Crippen LogP contribution in [0.5, 0.6) is 0 Å². The topological polar surface area (TPSA) is 46.2 Å². The molecule has 0 spiro atoms. The van der Waals surface area contributed by atoms with E-state index in [9.17, 15) is 8.42 Å². The quantitative estimate of drug-likeness (QED) is 0.716. The molecule has 0 aromatic carbocycles. The zero-order chi connectivity index (χ0) is 12.7. The first kappa shape index (κ1) is 15.0. The van der Waals surface area contributed by atoms with Gasteiger partial charge in [-0.2, -0.15) is 0 Å². The molecule has 0 atom stereocenters. The van der Waals surface area contributed by atoms with Crippen LogP contribution in [0.15, 0.2) is 0 Å². The average molecular weight is 261 g/mol. The van der Waals surface area contributed by atoms with Gasteiger partial charge in [-0.1, -0.05) is 20.3 Å². The van der Waals surface area contributed by atoms with E-state index >= 15 is 0 Å². The van der Waals surface area contributed by atoms with Crippen molar-refractivity contribution in [3.63, 3.8) is 0 Å². The lowest BCUT2D eigenvalue weighted by molar-refractivity contribution is 0.287. The molecule has 1 aliphatic carbocycles. The van der Waals surface area contributed by atoms with Crippen molar-refractivity contribution in [1.82, 2.24) is 5.32 Å². The van der Waals surface area contributed by atoms with E-state index in [4.69, 9.17) is 0 Å². The van der Waals surface area contributed by atoms with E-state index in [0.29, 0.717) is 11.8 Å². The summed E-state index contributed by atoms with van der Waals surface area (Å²) in [5, 5.41) is 3.50. The molecule has 0 aliphatic heterocycles. The molecule has 1 rings (SSSR count). The second-order valence-corrected chi connectivity index (χ2v) is 7.64. The Balaban J connectivity index is 2.08. The van der Waals surface area contributed by atoms with E-state index in [1.54, 1.807) is 6.92 Å². The molecule has 0 heterocycles. The lowest BCUT2D eigenvalue weighted by atomic mass is 9.84. The van der Waals surface area contributed by atoms with Gasteiger partial charge in [0.05, 0.1) is 5.75 Å². The summed E-state index contributed by atoms with van der Waals surface area (Å²) in [7, 11) is -2.78. The van der Waals surface area contributed by atoms with Crippen LogP contribution < -0.4 is 5.32 Å². The fraction of sp³-hybridized carbons (Fsp3) is 1.00. The zero-order valence-electron chi connectivity index (χ0n) is 11.2. The van der Waals surface area contributed by atoms with Crippen LogP contribution in [0.4, 0.5) is 0 Å². The van der Waals surface area contributed by atoms with Gasteiger partial charge in [-0.05, 0) is 44.6 Å². The molecule has 1 N–H and O–H groups in total. The Hall–Kier alpha value is -0.0900. The van der Waals surface area contributed by atoms with Gasteiger partial charge in [0.1, 0.15) is 9.84 Å². The van der Waals surface area contributed by atoms with Crippen LogP contribution in [-0.4, -0.2) is 32.5 Å². The lowest BCUT2D eigenvalue weighted by Gasteiger charge is -2.28. The van der Waals surface area contributed by atoms with Gasteiger partial charge in [-0.25, -0.2) is 8.42 Å². The van der Waals surface area contributed by atoms with Crippen molar-refractivity contribution >= 4 is 9.84 Å². The van der Waals surface area contributed by atoms with E-state index in [2.05, 4.69) is 12.2 Å². The van der Waals surface area contributed by atoms with E-state index in [1.165, 1.54) is 32.1 Å². The molecule has 17 heavy (non-hydrogen) atoms. The van der Waals surface area contributed by atoms with Crippen LogP contribution in [0.1, 0.15) is 52.4 Å². The molecule has 0 saturated heterocycles. The monoisotopic (exact) mass is 261 g/mol. The fourth-order valence-corrected chi connectivity index (χ4v) is 3.39. The van der Waals surface area contributed by atoms with Crippen LogP contribution >= 0.6 is 0 Å². The van der Waals surface area contributed by atoms with Crippen molar-refractivity contribution in [2.75, 3.05) is 18.1 Å². The molecule has 1 saturated carbocycles. The third-order valence-corrected chi connectivity index (χ3v) is 5.72. The highest BCUT2D eigenvalue weighted by Crippen LogP contribution is 2.26. The van der Waals surface area contributed by atoms with E-state index < -0.39 is 9.84 Å². The molecular weight excluding hydrogens is 234 g/mol. The fourth-order valence-electron chi connectivity index (χ4n) is 2.52. The highest BCUT2D eigenvalue weighted by atomic mass is 32.2. The van der Waals surface area contributed by atoms with Gasteiger partial charge in [0.2, 0.25) is 0 Å². The first-order chi connectivity index (χ1) is 8.07. The standard InChI is InChI=1S/C13H27NO2S/c1-3-12-6-8-13(9-7-12)14-10-5-11-17(15,16)4-2/h12-14H,3-11H2,1-2H3. The third kappa shape index (κ3) is 5.87. The highest BCUT2D eigenvalue weighted by molar-refractivity contribution is 7.91. The van der Waals surface area contributed by atoms with Crippen LogP contribution in [0, 0.1) is 5.92 Å². The number of sulfone groups is 1. The first-order valence-electron chi connectivity index (χ1n) is 7.01. The Kier molecular flexibility index (Phi) is 6.49. The van der Waals surface area contributed by atoms with Gasteiger partial charge in [-0.15, -0.1) is 0 Å². The molecule has 3 nitrogen and oxygen atoms in total. The van der Waals surface area contributed by atoms with Crippen LogP contribution in [0.3, 0.4) is 0 Å². The van der Waals surface area contributed by atoms with E-state index in [0.717, 1.165) is 18.9 Å². The minimum absolute atomic E-state index is 0.272. The average Bonchev–Trinajstić information content (AvgIpc) is 2.35. The SMILES string of the molecule is CCC1CCC(NCCCS(=O)(=O)CC)CC1. The van der Waals surface area contributed by atoms with Gasteiger partial charge in [0, 0.05) is 11.8 Å². The molecule has 1 aliphatic rings. The molecule has 0 aromatic heterocycles. The molecule has 102 valence electrons. The smallest absolute Gasteiger partial charge is 0.150 e. The molecule has 0 radical (unpaired) electrons. The molecular formula is C13H27NO2S. The second kappa shape index (κ2) is 7.37. The van der Waals surface area contributed by atoms with Crippen molar-refractivity contribution in [3.05, 3.63) is 0 Å². The van der Waals surface area contributed by atoms with Crippen LogP contribution in [0.25, 0.3) is 0 Å². The highest BCUT2D eigenvalue weighted by Gasteiger charge is 2.19. The summed E-state index contributed by atoms with van der Waals surface area (Å²) in [6.45, 7) is 4.84. The molecule has 1 fully saturated rings. The summed E-state index contributed by atoms with van der Waals surface area (Å²) in [5.74, 6) is 1.53. The van der Waals surface area contributed by atoms with Gasteiger partial charge in [-0.3, -0.25) is 0 Å². The number of hydrogen-bond acceptors (Lipinski definition) is 3. The minimum atomic E-state index is -2.78. The van der Waals surface area contributed by atoms with Crippen LogP contribution in [0.2, 0.25) is 0 Å². The van der Waals surface area contributed by atoms with Crippen molar-refractivity contribution < 1.29 is 8.42 Å². The van der Waals surface area contributed by atoms with Crippen molar-refractivity contribution in [2.24, 2.45) is 5.92 Å². The maximum Gasteiger partial charge on any atom is 0.150 e. The van der Waals surface area contributed by atoms with Crippen molar-refractivity contribution in [1.29, 1.82) is 0 Å². The number of rotatable bonds is 7. The first-order valence-corrected chi connectivity index (χ1v) is 8.83. The molecule has 0 amide bonds. The largest absolute Gasteiger partial charge is 0.314 e. The van der Waals surface area contributed by atoms with E-state index in [-0.39, 0.29) is 5.75 Å². The second-order valence-electron chi connectivity index (χ2n) is 5.17. The molecule has 0 aromatic rings. The van der Waals surface area contributed by atoms with Gasteiger partial charge in [0.25, 0.3) is 0 Å². The number of hydrogen-bond donors (Lipinski definition) is 1. The Bertz CT molecular complexity index is 293. The third-order valence-electron chi connectivity index (χ3n) is 3.93. The maximum atomic E-state index is 11.3. The molecule has 4 heteroatoms. The minimum Gasteiger partial charge on any atom is -0.314 e. The van der Waals surface area contributed by atoms with Crippen molar-refractivity contribution in [2.45, 2.75) is 58.4 Å². The zero-order valence-corrected chi connectivity index (χ0v) is 12.1. The van der Waals surface area contributed by atoms with E-state index in [1.807, 2.05) is 0 Å². The Labute approximate surface area is 106 Å². The lowest BCUT2D eigenvalue weighted by Crippen LogP contribution is -2.34. The van der Waals surface area contributed by atoms with Crippen LogP contribution in [-0.2, 0) is 9.84 Å². The number of nitrogens with one attached hydrogen (secondary N) is 1. The summed E-state index contributed by atoms with van der Waals surface area (Å²) in [5.41, 5.74) is 0. The van der Waals surface area contributed by atoms with Crippen molar-refractivity contribution in [3.8, 4) is 0 Å². The summed E-state index contributed by atoms with van der Waals surface area (Å²) >= 11 is 0. The molecule has 0 bridgehead atoms. The van der Waals surface area contributed by atoms with Gasteiger partial charge >= 0.3 is 0 Å². The molecule has 0 unspecified atom stereocenters. The Morgan fingerprint density at radius 2 is 1.76 bits per heavy atom. The van der Waals surface area contributed by atoms with Gasteiger partial charge < -0.3 is 5.32 Å². The Morgan fingerprint density at radius 1 is 1.12 bits per heavy atom. The maximum absolute atomic E-state index is 11.3. The summed E-state index contributed by atoms with van der Waals surface area (Å²) in [4.78, 5) is 0. The predicted molar refractivity (Wildman–Crippen MR) is 73.0 cm³/mol. The predicted octanol–water partition coefficient (Wildman–Crippen LogP) is 2.37. The van der Waals surface area contributed by atoms with Gasteiger partial charge in [0.15, 0.2) is 0 Å². The Morgan fingerprint density at radius 3 is 2.29 bits per heavy atom. The normalized spacial score (nSPS) is 26.0. The summed E-state index contributed by atoms with van der Waals surface area (Å²) in [6, 6.07) is 0.627. The summed E-state index contributed by atoms with van der Waals surface area (Å²) < 4.78 is 22.6. The summed E-state index contributed by atoms with van der Waals surface area (Å²) in [6.07, 6.45) is 7.26.